The average molecular weight is 393 g/mol. The fourth-order valence-corrected chi connectivity index (χ4v) is 3.06. The van der Waals surface area contributed by atoms with Crippen molar-refractivity contribution in [2.75, 3.05) is 27.2 Å². The molecule has 0 atom stereocenters. The molecule has 3 aromatic carbocycles. The van der Waals surface area contributed by atoms with E-state index in [2.05, 4.69) is 0 Å². The first-order chi connectivity index (χ1) is 16.0. The smallest absolute Gasteiger partial charge is 0.119 e. The molecule has 0 amide bonds. The van der Waals surface area contributed by atoms with Crippen LogP contribution in [0.15, 0.2) is 78.9 Å². The Morgan fingerprint density at radius 2 is 1.66 bits per heavy atom. The van der Waals surface area contributed by atoms with Crippen LogP contribution in [0.1, 0.15) is 36.8 Å². The number of aromatic hydroxyl groups is 1. The van der Waals surface area contributed by atoms with E-state index in [-0.39, 0.29) is 11.3 Å². The molecule has 150 valence electrons. The van der Waals surface area contributed by atoms with E-state index < -0.39 is 13.2 Å². The fraction of sp³-hybridized carbons (Fsp3) is 0.231. The number of likely N-dealkylation sites (N-methyl/N-ethyl adjacent to an activating group) is 1. The van der Waals surface area contributed by atoms with E-state index in [9.17, 15) is 5.11 Å². The molecule has 0 aromatic heterocycles. The lowest BCUT2D eigenvalue weighted by molar-refractivity contribution is 0.261. The third-order valence-corrected chi connectivity index (χ3v) is 4.52. The van der Waals surface area contributed by atoms with Gasteiger partial charge < -0.3 is 14.7 Å². The quantitative estimate of drug-likeness (QED) is 0.499. The zero-order chi connectivity index (χ0) is 24.9. The first-order valence-corrected chi connectivity index (χ1v) is 9.48. The van der Waals surface area contributed by atoms with Gasteiger partial charge in [-0.25, -0.2) is 0 Å². The number of hydrogen-bond donors (Lipinski definition) is 1. The van der Waals surface area contributed by atoms with Crippen LogP contribution in [0.3, 0.4) is 0 Å². The maximum Gasteiger partial charge on any atom is 0.119 e. The molecule has 0 aliphatic heterocycles. The molecule has 0 aliphatic carbocycles. The van der Waals surface area contributed by atoms with Gasteiger partial charge in [-0.15, -0.1) is 0 Å². The summed E-state index contributed by atoms with van der Waals surface area (Å²) in [6.45, 7) is -1.65. The molecule has 0 unspecified atom stereocenters. The Bertz CT molecular complexity index is 1120. The van der Waals surface area contributed by atoms with Crippen molar-refractivity contribution in [2.45, 2.75) is 13.2 Å². The van der Waals surface area contributed by atoms with E-state index in [1.165, 1.54) is 12.1 Å². The van der Waals surface area contributed by atoms with Gasteiger partial charge in [0.25, 0.3) is 0 Å². The van der Waals surface area contributed by atoms with E-state index in [1.54, 1.807) is 66.7 Å². The van der Waals surface area contributed by atoms with Crippen molar-refractivity contribution < 1.29 is 16.7 Å². The Hall–Kier alpha value is -3.04. The third-order valence-electron chi connectivity index (χ3n) is 4.52. The summed E-state index contributed by atoms with van der Waals surface area (Å²) in [6.07, 6.45) is -2.67. The Balaban J connectivity index is 2.25. The maximum absolute atomic E-state index is 10.2. The molecule has 3 rings (SSSR count). The van der Waals surface area contributed by atoms with Crippen LogP contribution < -0.4 is 4.74 Å². The van der Waals surface area contributed by atoms with Crippen LogP contribution in [0.5, 0.6) is 11.5 Å². The van der Waals surface area contributed by atoms with Gasteiger partial charge in [0.2, 0.25) is 0 Å². The molecule has 3 heteroatoms. The molecule has 1 N–H and O–H groups in total. The predicted molar refractivity (Wildman–Crippen MR) is 121 cm³/mol. The molecular weight excluding hydrogens is 358 g/mol. The number of phenols is 1. The number of rotatable bonds is 8. The Kier molecular flexibility index (Phi) is 5.10. The molecule has 29 heavy (non-hydrogen) atoms. The van der Waals surface area contributed by atoms with E-state index in [1.807, 2.05) is 19.0 Å². The summed E-state index contributed by atoms with van der Waals surface area (Å²) >= 11 is 0. The van der Waals surface area contributed by atoms with Crippen molar-refractivity contribution >= 4 is 11.1 Å². The van der Waals surface area contributed by atoms with Gasteiger partial charge in [0.15, 0.2) is 0 Å². The summed E-state index contributed by atoms with van der Waals surface area (Å²) in [7, 11) is 3.92. The highest BCUT2D eigenvalue weighted by atomic mass is 16.5. The van der Waals surface area contributed by atoms with Gasteiger partial charge in [0.1, 0.15) is 18.1 Å². The molecule has 0 saturated carbocycles. The molecule has 0 radical (unpaired) electrons. The summed E-state index contributed by atoms with van der Waals surface area (Å²) in [6, 6.07) is 22.2. The van der Waals surface area contributed by atoms with Crippen molar-refractivity contribution in [3.63, 3.8) is 0 Å². The van der Waals surface area contributed by atoms with Crippen molar-refractivity contribution in [3.8, 4) is 11.5 Å². The van der Waals surface area contributed by atoms with Gasteiger partial charge in [-0.2, -0.15) is 0 Å². The van der Waals surface area contributed by atoms with Crippen LogP contribution >= 0.6 is 0 Å². The Morgan fingerprint density at radius 1 is 0.931 bits per heavy atom. The molecule has 0 spiro atoms. The number of hydrogen-bond acceptors (Lipinski definition) is 3. The zero-order valence-electron chi connectivity index (χ0n) is 21.7. The van der Waals surface area contributed by atoms with Gasteiger partial charge in [-0.3, -0.25) is 0 Å². The van der Waals surface area contributed by atoms with Gasteiger partial charge >= 0.3 is 0 Å². The number of allylic oxidation sites excluding steroid dienone is 1. The second-order valence-corrected chi connectivity index (χ2v) is 6.97. The lowest BCUT2D eigenvalue weighted by Crippen LogP contribution is -2.19. The Morgan fingerprint density at radius 3 is 2.31 bits per heavy atom. The van der Waals surface area contributed by atoms with Gasteiger partial charge in [0.05, 0.1) is 0 Å². The minimum absolute atomic E-state index is 0.000459. The highest BCUT2D eigenvalue weighted by Gasteiger charge is 2.13. The summed E-state index contributed by atoms with van der Waals surface area (Å²) < 4.78 is 47.1. The molecule has 0 bridgehead atoms. The van der Waals surface area contributed by atoms with Crippen LogP contribution in [-0.4, -0.2) is 37.3 Å². The largest absolute Gasteiger partial charge is 0.508 e. The minimum atomic E-state index is -2.92. The number of nitrogens with zero attached hydrogens (tertiary/aromatic N) is 1. The normalized spacial score (nSPS) is 15.5. The maximum atomic E-state index is 10.2. The minimum Gasteiger partial charge on any atom is -0.508 e. The van der Waals surface area contributed by atoms with Gasteiger partial charge in [-0.1, -0.05) is 61.4 Å². The number of ether oxygens (including phenoxy) is 1. The molecule has 0 aliphatic rings. The summed E-state index contributed by atoms with van der Waals surface area (Å²) in [5, 5.41) is 10.2. The fourth-order valence-electron chi connectivity index (χ4n) is 3.06. The SMILES string of the molecule is [2H]C([2H])([2H])C([2H])([2H])/C(=C(/c1ccc(OCCN(C)C)cc1)c1cccc(O)c1)c1ccccc1. The number of benzene rings is 3. The molecule has 0 saturated heterocycles. The number of phenolic OH excluding ortho intramolecular Hbond substituents is 1. The van der Waals surface area contributed by atoms with Crippen LogP contribution in [0.25, 0.3) is 11.1 Å². The first-order valence-electron chi connectivity index (χ1n) is 12.0. The second kappa shape index (κ2) is 9.94. The summed E-state index contributed by atoms with van der Waals surface area (Å²) in [5.74, 6) is 0.654. The van der Waals surface area contributed by atoms with Crippen molar-refractivity contribution in [3.05, 3.63) is 95.6 Å². The van der Waals surface area contributed by atoms with Crippen LogP contribution in [0.4, 0.5) is 0 Å². The average Bonchev–Trinajstić information content (AvgIpc) is 2.77. The van der Waals surface area contributed by atoms with E-state index >= 15 is 0 Å². The zero-order valence-corrected chi connectivity index (χ0v) is 16.7. The van der Waals surface area contributed by atoms with Crippen LogP contribution in [0.2, 0.25) is 0 Å². The molecule has 0 heterocycles. The summed E-state index contributed by atoms with van der Waals surface area (Å²) in [4.78, 5) is 2.01. The van der Waals surface area contributed by atoms with E-state index in [4.69, 9.17) is 11.6 Å². The topological polar surface area (TPSA) is 32.7 Å². The first kappa shape index (κ1) is 14.9. The van der Waals surface area contributed by atoms with Crippen molar-refractivity contribution in [1.82, 2.24) is 4.90 Å². The third kappa shape index (κ3) is 5.49. The highest BCUT2D eigenvalue weighted by Crippen LogP contribution is 2.35. The lowest BCUT2D eigenvalue weighted by atomic mass is 9.88. The monoisotopic (exact) mass is 392 g/mol. The van der Waals surface area contributed by atoms with E-state index in [0.29, 0.717) is 34.6 Å². The standard InChI is InChI=1S/C26H29NO2/c1-4-25(20-9-6-5-7-10-20)26(22-11-8-12-23(28)19-22)21-13-15-24(16-14-21)29-18-17-27(2)3/h5-16,19,28H,4,17-18H2,1-3H3/b26-25+/i1D3,4D2. The van der Waals surface area contributed by atoms with Crippen LogP contribution in [0, 0.1) is 0 Å². The molecular formula is C26H29NO2. The molecule has 3 aromatic rings. The van der Waals surface area contributed by atoms with Crippen molar-refractivity contribution in [2.24, 2.45) is 0 Å². The van der Waals surface area contributed by atoms with Gasteiger partial charge in [0, 0.05) is 13.4 Å². The van der Waals surface area contributed by atoms with Gasteiger partial charge in [-0.05, 0) is 72.6 Å². The van der Waals surface area contributed by atoms with Crippen molar-refractivity contribution in [1.29, 1.82) is 0 Å². The molecule has 0 fully saturated rings. The predicted octanol–water partition coefficient (Wildman–Crippen LogP) is 5.70. The highest BCUT2D eigenvalue weighted by molar-refractivity contribution is 5.98. The Labute approximate surface area is 180 Å². The second-order valence-electron chi connectivity index (χ2n) is 6.97. The van der Waals surface area contributed by atoms with E-state index in [0.717, 1.165) is 6.54 Å². The molecule has 3 nitrogen and oxygen atoms in total. The lowest BCUT2D eigenvalue weighted by Gasteiger charge is -2.17. The van der Waals surface area contributed by atoms with Crippen LogP contribution in [-0.2, 0) is 0 Å². The summed E-state index contributed by atoms with van der Waals surface area (Å²) in [5.41, 5.74) is 1.99.